The molecule has 0 radical (unpaired) electrons. The van der Waals surface area contributed by atoms with Crippen molar-refractivity contribution in [3.8, 4) is 0 Å². The largest absolute Gasteiger partial charge is 0.468 e. The van der Waals surface area contributed by atoms with E-state index in [9.17, 15) is 4.79 Å². The molecule has 3 nitrogen and oxygen atoms in total. The molecule has 2 rings (SSSR count). The van der Waals surface area contributed by atoms with Crippen LogP contribution in [0.15, 0.2) is 12.1 Å². The summed E-state index contributed by atoms with van der Waals surface area (Å²) in [7, 11) is 1.39. The lowest BCUT2D eigenvalue weighted by molar-refractivity contribution is -0.143. The molecule has 0 aromatic heterocycles. The summed E-state index contributed by atoms with van der Waals surface area (Å²) in [6, 6.07) is 4.27. The lowest BCUT2D eigenvalue weighted by Crippen LogP contribution is -2.36. The van der Waals surface area contributed by atoms with Gasteiger partial charge in [0.05, 0.1) is 7.11 Å². The van der Waals surface area contributed by atoms with E-state index in [2.05, 4.69) is 32.9 Å². The number of hydrogen-bond acceptors (Lipinski definition) is 3. The van der Waals surface area contributed by atoms with Crippen molar-refractivity contribution >= 4 is 5.97 Å². The number of carbonyl (C=O) groups excluding carboxylic acids is 1. The predicted octanol–water partition coefficient (Wildman–Crippen LogP) is 1.97. The highest BCUT2D eigenvalue weighted by atomic mass is 16.5. The summed E-state index contributed by atoms with van der Waals surface area (Å²) in [6.45, 7) is 6.23. The number of carbonyl (C=O) groups is 1. The topological polar surface area (TPSA) is 52.3 Å². The molecule has 17 heavy (non-hydrogen) atoms. The van der Waals surface area contributed by atoms with Gasteiger partial charge in [-0.2, -0.15) is 0 Å². The molecule has 0 heterocycles. The molecule has 0 aliphatic heterocycles. The van der Waals surface area contributed by atoms with Crippen LogP contribution in [-0.2, 0) is 9.53 Å². The van der Waals surface area contributed by atoms with Gasteiger partial charge in [-0.1, -0.05) is 17.7 Å². The molecule has 1 aromatic rings. The maximum Gasteiger partial charge on any atom is 0.326 e. The molecule has 1 aliphatic carbocycles. The molecule has 1 fully saturated rings. The van der Waals surface area contributed by atoms with E-state index < -0.39 is 5.54 Å². The Balaban J connectivity index is 2.36. The van der Waals surface area contributed by atoms with Crippen LogP contribution in [0.5, 0.6) is 0 Å². The average molecular weight is 233 g/mol. The van der Waals surface area contributed by atoms with Gasteiger partial charge in [0.25, 0.3) is 0 Å². The molecule has 0 saturated heterocycles. The van der Waals surface area contributed by atoms with Crippen LogP contribution in [0.25, 0.3) is 0 Å². The summed E-state index contributed by atoms with van der Waals surface area (Å²) in [6.07, 6.45) is 0.685. The number of nitrogens with two attached hydrogens (primary N) is 1. The monoisotopic (exact) mass is 233 g/mol. The van der Waals surface area contributed by atoms with Crippen LogP contribution in [-0.4, -0.2) is 18.6 Å². The highest BCUT2D eigenvalue weighted by molar-refractivity contribution is 5.87. The molecular formula is C14H19NO2. The second-order valence-electron chi connectivity index (χ2n) is 5.10. The van der Waals surface area contributed by atoms with Gasteiger partial charge in [0.15, 0.2) is 0 Å². The summed E-state index contributed by atoms with van der Waals surface area (Å²) >= 11 is 0. The highest BCUT2D eigenvalue weighted by Gasteiger charge is 2.59. The van der Waals surface area contributed by atoms with E-state index in [0.29, 0.717) is 6.42 Å². The van der Waals surface area contributed by atoms with Crippen molar-refractivity contribution in [2.75, 3.05) is 7.11 Å². The summed E-state index contributed by atoms with van der Waals surface area (Å²) in [5.41, 5.74) is 10.1. The Kier molecular flexibility index (Phi) is 2.74. The first-order chi connectivity index (χ1) is 7.90. The average Bonchev–Trinajstić information content (AvgIpc) is 2.89. The molecule has 1 aromatic carbocycles. The Bertz CT molecular complexity index is 458. The van der Waals surface area contributed by atoms with Crippen molar-refractivity contribution in [3.63, 3.8) is 0 Å². The molecule has 0 spiro atoms. The minimum Gasteiger partial charge on any atom is -0.468 e. The number of ether oxygens (including phenoxy) is 1. The normalized spacial score (nSPS) is 26.8. The van der Waals surface area contributed by atoms with Gasteiger partial charge in [-0.15, -0.1) is 0 Å². The molecule has 0 amide bonds. The molecule has 1 saturated carbocycles. The Morgan fingerprint density at radius 2 is 1.88 bits per heavy atom. The van der Waals surface area contributed by atoms with Gasteiger partial charge in [-0.25, -0.2) is 0 Å². The molecule has 2 unspecified atom stereocenters. The third-order valence-electron chi connectivity index (χ3n) is 3.66. The van der Waals surface area contributed by atoms with Crippen LogP contribution < -0.4 is 5.73 Å². The van der Waals surface area contributed by atoms with Gasteiger partial charge in [-0.05, 0) is 43.9 Å². The minimum atomic E-state index is -0.806. The van der Waals surface area contributed by atoms with E-state index in [1.165, 1.54) is 29.4 Å². The maximum absolute atomic E-state index is 11.6. The van der Waals surface area contributed by atoms with E-state index in [1.807, 2.05) is 0 Å². The smallest absolute Gasteiger partial charge is 0.326 e. The van der Waals surface area contributed by atoms with E-state index in [-0.39, 0.29) is 11.9 Å². The minimum absolute atomic E-state index is 0.107. The van der Waals surface area contributed by atoms with Crippen LogP contribution in [0.1, 0.15) is 34.6 Å². The van der Waals surface area contributed by atoms with Gasteiger partial charge < -0.3 is 10.5 Å². The zero-order valence-corrected chi connectivity index (χ0v) is 10.8. The molecule has 1 aliphatic rings. The van der Waals surface area contributed by atoms with Gasteiger partial charge >= 0.3 is 5.97 Å². The number of methoxy groups -OCH3 is 1. The predicted molar refractivity (Wildman–Crippen MR) is 66.9 cm³/mol. The molecule has 0 bridgehead atoms. The quantitative estimate of drug-likeness (QED) is 0.794. The van der Waals surface area contributed by atoms with Gasteiger partial charge in [0, 0.05) is 5.92 Å². The van der Waals surface area contributed by atoms with Gasteiger partial charge in [0.2, 0.25) is 0 Å². The lowest BCUT2D eigenvalue weighted by Gasteiger charge is -2.14. The standard InChI is InChI=1S/C14H19NO2/c1-8-5-9(2)12(10(3)6-8)11-7-14(11,15)13(16)17-4/h5-6,11H,7,15H2,1-4H3. The number of esters is 1. The molecule has 3 heteroatoms. The number of hydrogen-bond donors (Lipinski definition) is 1. The van der Waals surface area contributed by atoms with Crippen molar-refractivity contribution < 1.29 is 9.53 Å². The fourth-order valence-corrected chi connectivity index (χ4v) is 2.79. The fourth-order valence-electron chi connectivity index (χ4n) is 2.79. The van der Waals surface area contributed by atoms with Gasteiger partial charge in [0.1, 0.15) is 5.54 Å². The summed E-state index contributed by atoms with van der Waals surface area (Å²) in [5, 5.41) is 0. The Labute approximate surface area is 102 Å². The SMILES string of the molecule is COC(=O)C1(N)CC1c1c(C)cc(C)cc1C. The molecular weight excluding hydrogens is 214 g/mol. The van der Waals surface area contributed by atoms with Crippen molar-refractivity contribution in [3.05, 3.63) is 34.4 Å². The zero-order valence-electron chi connectivity index (χ0n) is 10.8. The van der Waals surface area contributed by atoms with Crippen molar-refractivity contribution in [1.29, 1.82) is 0 Å². The number of aryl methyl sites for hydroxylation is 3. The summed E-state index contributed by atoms with van der Waals surface area (Å²) in [4.78, 5) is 11.6. The fraction of sp³-hybridized carbons (Fsp3) is 0.500. The molecule has 92 valence electrons. The number of benzene rings is 1. The second kappa shape index (κ2) is 3.84. The van der Waals surface area contributed by atoms with Crippen LogP contribution in [0.2, 0.25) is 0 Å². The van der Waals surface area contributed by atoms with Crippen molar-refractivity contribution in [2.45, 2.75) is 38.6 Å². The van der Waals surface area contributed by atoms with Crippen molar-refractivity contribution in [1.82, 2.24) is 0 Å². The Morgan fingerprint density at radius 1 is 1.35 bits per heavy atom. The van der Waals surface area contributed by atoms with Crippen LogP contribution in [0.3, 0.4) is 0 Å². The lowest BCUT2D eigenvalue weighted by atomic mass is 9.94. The number of rotatable bonds is 2. The van der Waals surface area contributed by atoms with E-state index in [0.717, 1.165) is 0 Å². The zero-order chi connectivity index (χ0) is 12.8. The van der Waals surface area contributed by atoms with Crippen LogP contribution >= 0.6 is 0 Å². The molecule has 2 N–H and O–H groups in total. The maximum atomic E-state index is 11.6. The Hall–Kier alpha value is -1.35. The van der Waals surface area contributed by atoms with Crippen LogP contribution in [0.4, 0.5) is 0 Å². The van der Waals surface area contributed by atoms with E-state index in [1.54, 1.807) is 0 Å². The second-order valence-corrected chi connectivity index (χ2v) is 5.10. The van der Waals surface area contributed by atoms with E-state index in [4.69, 9.17) is 10.5 Å². The molecule has 2 atom stereocenters. The van der Waals surface area contributed by atoms with E-state index >= 15 is 0 Å². The first-order valence-corrected chi connectivity index (χ1v) is 5.85. The third-order valence-corrected chi connectivity index (χ3v) is 3.66. The first kappa shape index (κ1) is 12.1. The summed E-state index contributed by atoms with van der Waals surface area (Å²) in [5.74, 6) is -0.197. The van der Waals surface area contributed by atoms with Crippen molar-refractivity contribution in [2.24, 2.45) is 5.73 Å². The van der Waals surface area contributed by atoms with Crippen LogP contribution in [0, 0.1) is 20.8 Å². The first-order valence-electron chi connectivity index (χ1n) is 5.85. The third kappa shape index (κ3) is 1.84. The Morgan fingerprint density at radius 3 is 2.35 bits per heavy atom. The summed E-state index contributed by atoms with van der Waals surface area (Å²) < 4.78 is 4.77. The highest BCUT2D eigenvalue weighted by Crippen LogP contribution is 2.52. The van der Waals surface area contributed by atoms with Gasteiger partial charge in [-0.3, -0.25) is 4.79 Å².